The lowest BCUT2D eigenvalue weighted by atomic mass is 10.3. The number of rotatable bonds is 2. The van der Waals surface area contributed by atoms with Crippen molar-refractivity contribution >= 4 is 11.0 Å². The molecule has 0 spiro atoms. The SMILES string of the molecule is CS(=O)n1ccc(-c2ccc(F)cn2)n1. The van der Waals surface area contributed by atoms with E-state index in [4.69, 9.17) is 0 Å². The van der Waals surface area contributed by atoms with E-state index in [2.05, 4.69) is 10.1 Å². The van der Waals surface area contributed by atoms with Crippen LogP contribution in [0.15, 0.2) is 30.6 Å². The van der Waals surface area contributed by atoms with Gasteiger partial charge in [-0.05, 0) is 18.2 Å². The molecule has 0 fully saturated rings. The van der Waals surface area contributed by atoms with Gasteiger partial charge in [0.25, 0.3) is 0 Å². The van der Waals surface area contributed by atoms with Crippen molar-refractivity contribution in [1.82, 2.24) is 14.2 Å². The summed E-state index contributed by atoms with van der Waals surface area (Å²) in [6, 6.07) is 4.52. The molecule has 2 heterocycles. The van der Waals surface area contributed by atoms with E-state index >= 15 is 0 Å². The van der Waals surface area contributed by atoms with Gasteiger partial charge in [0, 0.05) is 12.5 Å². The van der Waals surface area contributed by atoms with Crippen LogP contribution in [0.4, 0.5) is 4.39 Å². The van der Waals surface area contributed by atoms with Crippen LogP contribution >= 0.6 is 0 Å². The van der Waals surface area contributed by atoms with Crippen LogP contribution in [0.25, 0.3) is 11.4 Å². The van der Waals surface area contributed by atoms with Crippen molar-refractivity contribution in [2.24, 2.45) is 0 Å². The van der Waals surface area contributed by atoms with Crippen LogP contribution in [0.2, 0.25) is 0 Å². The van der Waals surface area contributed by atoms with Gasteiger partial charge in [-0.25, -0.2) is 8.60 Å². The molecule has 0 saturated carbocycles. The normalized spacial score (nSPS) is 12.7. The van der Waals surface area contributed by atoms with E-state index < -0.39 is 16.8 Å². The minimum Gasteiger partial charge on any atom is -0.251 e. The summed E-state index contributed by atoms with van der Waals surface area (Å²) in [5.74, 6) is -0.391. The maximum atomic E-state index is 12.6. The Morgan fingerprint density at radius 3 is 2.67 bits per heavy atom. The molecular formula is C9H8FN3OS. The number of halogens is 1. The molecule has 0 aliphatic heterocycles. The van der Waals surface area contributed by atoms with Crippen molar-refractivity contribution < 1.29 is 8.60 Å². The highest BCUT2D eigenvalue weighted by atomic mass is 32.2. The third-order valence-corrected chi connectivity index (χ3v) is 2.55. The zero-order valence-electron chi connectivity index (χ0n) is 7.92. The third kappa shape index (κ3) is 2.10. The number of pyridine rings is 1. The summed E-state index contributed by atoms with van der Waals surface area (Å²) in [4.78, 5) is 3.87. The van der Waals surface area contributed by atoms with Crippen LogP contribution < -0.4 is 0 Å². The highest BCUT2D eigenvalue weighted by Crippen LogP contribution is 2.13. The molecule has 0 saturated heterocycles. The average Bonchev–Trinajstić information content (AvgIpc) is 2.68. The molecule has 0 bridgehead atoms. The molecule has 0 N–H and O–H groups in total. The molecule has 0 aliphatic carbocycles. The Bertz CT molecular complexity index is 494. The van der Waals surface area contributed by atoms with Crippen molar-refractivity contribution in [2.45, 2.75) is 0 Å². The van der Waals surface area contributed by atoms with Gasteiger partial charge in [-0.2, -0.15) is 9.19 Å². The molecule has 1 atom stereocenters. The Hall–Kier alpha value is -1.56. The van der Waals surface area contributed by atoms with Crippen LogP contribution in [0, 0.1) is 5.82 Å². The quantitative estimate of drug-likeness (QED) is 0.772. The van der Waals surface area contributed by atoms with Gasteiger partial charge in [0.1, 0.15) is 22.5 Å². The number of nitrogens with zero attached hydrogens (tertiary/aromatic N) is 3. The van der Waals surface area contributed by atoms with Gasteiger partial charge in [-0.15, -0.1) is 0 Å². The lowest BCUT2D eigenvalue weighted by Gasteiger charge is -1.95. The lowest BCUT2D eigenvalue weighted by Crippen LogP contribution is -2.02. The second-order valence-corrected chi connectivity index (χ2v) is 4.11. The van der Waals surface area contributed by atoms with Gasteiger partial charge < -0.3 is 0 Å². The first kappa shape index (κ1) is 9.97. The molecule has 4 nitrogen and oxygen atoms in total. The molecular weight excluding hydrogens is 217 g/mol. The monoisotopic (exact) mass is 225 g/mol. The molecule has 2 rings (SSSR count). The van der Waals surface area contributed by atoms with Crippen LogP contribution in [0.5, 0.6) is 0 Å². The number of hydrogen-bond donors (Lipinski definition) is 0. The molecule has 2 aromatic rings. The third-order valence-electron chi connectivity index (χ3n) is 1.82. The van der Waals surface area contributed by atoms with Gasteiger partial charge in [-0.1, -0.05) is 0 Å². The summed E-state index contributed by atoms with van der Waals surface area (Å²) in [6.07, 6.45) is 4.24. The van der Waals surface area contributed by atoms with Crippen molar-refractivity contribution in [3.05, 3.63) is 36.4 Å². The molecule has 2 aromatic heterocycles. The van der Waals surface area contributed by atoms with Crippen molar-refractivity contribution in [3.63, 3.8) is 0 Å². The number of hydrogen-bond acceptors (Lipinski definition) is 3. The molecule has 0 amide bonds. The molecule has 15 heavy (non-hydrogen) atoms. The van der Waals surface area contributed by atoms with E-state index in [0.29, 0.717) is 11.4 Å². The lowest BCUT2D eigenvalue weighted by molar-refractivity contribution is 0.621. The fourth-order valence-corrected chi connectivity index (χ4v) is 1.55. The Balaban J connectivity index is 2.37. The minimum atomic E-state index is -1.18. The summed E-state index contributed by atoms with van der Waals surface area (Å²) < 4.78 is 25.0. The second-order valence-electron chi connectivity index (χ2n) is 2.89. The molecule has 6 heteroatoms. The van der Waals surface area contributed by atoms with Gasteiger partial charge >= 0.3 is 0 Å². The molecule has 0 aliphatic rings. The standard InChI is InChI=1S/C9H8FN3OS/c1-15(14)13-5-4-9(12-13)8-3-2-7(10)6-11-8/h2-6H,1H3. The molecule has 0 radical (unpaired) electrons. The van der Waals surface area contributed by atoms with Crippen molar-refractivity contribution in [3.8, 4) is 11.4 Å². The van der Waals surface area contributed by atoms with E-state index in [0.717, 1.165) is 6.20 Å². The molecule has 1 unspecified atom stereocenters. The van der Waals surface area contributed by atoms with Gasteiger partial charge in [0.15, 0.2) is 0 Å². The maximum Gasteiger partial charge on any atom is 0.141 e. The van der Waals surface area contributed by atoms with E-state index in [9.17, 15) is 8.60 Å². The average molecular weight is 225 g/mol. The van der Waals surface area contributed by atoms with E-state index in [1.54, 1.807) is 12.3 Å². The summed E-state index contributed by atoms with van der Waals surface area (Å²) in [6.45, 7) is 0. The Morgan fingerprint density at radius 2 is 2.13 bits per heavy atom. The van der Waals surface area contributed by atoms with Gasteiger partial charge in [0.05, 0.1) is 11.9 Å². The van der Waals surface area contributed by atoms with Crippen LogP contribution in [0.1, 0.15) is 0 Å². The van der Waals surface area contributed by atoms with Crippen molar-refractivity contribution in [2.75, 3.05) is 6.26 Å². The first-order chi connectivity index (χ1) is 7.16. The minimum absolute atomic E-state index is 0.391. The first-order valence-electron chi connectivity index (χ1n) is 4.18. The fraction of sp³-hybridized carbons (Fsp3) is 0.111. The van der Waals surface area contributed by atoms with Gasteiger partial charge in [-0.3, -0.25) is 4.98 Å². The van der Waals surface area contributed by atoms with Gasteiger partial charge in [0.2, 0.25) is 0 Å². The second kappa shape index (κ2) is 3.90. The zero-order valence-corrected chi connectivity index (χ0v) is 8.74. The van der Waals surface area contributed by atoms with E-state index in [-0.39, 0.29) is 0 Å². The predicted molar refractivity (Wildman–Crippen MR) is 54.9 cm³/mol. The fourth-order valence-electron chi connectivity index (χ4n) is 1.11. The Kier molecular flexibility index (Phi) is 2.59. The summed E-state index contributed by atoms with van der Waals surface area (Å²) in [5.41, 5.74) is 1.13. The first-order valence-corrected chi connectivity index (χ1v) is 5.70. The summed E-state index contributed by atoms with van der Waals surface area (Å²) >= 11 is 0. The maximum absolute atomic E-state index is 12.6. The molecule has 78 valence electrons. The topological polar surface area (TPSA) is 47.8 Å². The summed E-state index contributed by atoms with van der Waals surface area (Å²) in [5, 5.41) is 4.04. The largest absolute Gasteiger partial charge is 0.251 e. The zero-order chi connectivity index (χ0) is 10.8. The van der Waals surface area contributed by atoms with Crippen LogP contribution in [-0.4, -0.2) is 24.6 Å². The highest BCUT2D eigenvalue weighted by Gasteiger charge is 2.05. The van der Waals surface area contributed by atoms with E-state index in [1.807, 2.05) is 0 Å². The Labute approximate surface area is 88.4 Å². The van der Waals surface area contributed by atoms with Crippen LogP contribution in [0.3, 0.4) is 0 Å². The Morgan fingerprint density at radius 1 is 1.33 bits per heavy atom. The van der Waals surface area contributed by atoms with E-state index in [1.165, 1.54) is 22.5 Å². The molecule has 0 aromatic carbocycles. The van der Waals surface area contributed by atoms with Crippen LogP contribution in [-0.2, 0) is 11.0 Å². The number of aromatic nitrogens is 3. The summed E-state index contributed by atoms with van der Waals surface area (Å²) in [7, 11) is -1.18. The highest BCUT2D eigenvalue weighted by molar-refractivity contribution is 7.82. The predicted octanol–water partition coefficient (Wildman–Crippen LogP) is 1.23. The smallest absolute Gasteiger partial charge is 0.141 e. The van der Waals surface area contributed by atoms with Crippen molar-refractivity contribution in [1.29, 1.82) is 0 Å².